The highest BCUT2D eigenvalue weighted by molar-refractivity contribution is 9.10. The Hall–Kier alpha value is -1.32. The Kier molecular flexibility index (Phi) is 4.34. The molecule has 0 fully saturated rings. The first kappa shape index (κ1) is 11.8. The van der Waals surface area contributed by atoms with Crippen LogP contribution >= 0.6 is 15.9 Å². The third kappa shape index (κ3) is 2.81. The Balaban J connectivity index is 3.00. The minimum atomic E-state index is -0.295. The molecule has 0 aliphatic carbocycles. The van der Waals surface area contributed by atoms with Crippen LogP contribution < -0.4 is 10.9 Å². The van der Waals surface area contributed by atoms with Crippen molar-refractivity contribution in [3.05, 3.63) is 21.0 Å². The second-order valence-corrected chi connectivity index (χ2v) is 3.48. The average molecular weight is 272 g/mol. The van der Waals surface area contributed by atoms with Crippen LogP contribution in [0.2, 0.25) is 0 Å². The molecule has 0 atom stereocenters. The highest BCUT2D eigenvalue weighted by Crippen LogP contribution is 2.15. The third-order valence-corrected chi connectivity index (χ3v) is 2.42. The van der Waals surface area contributed by atoms with Gasteiger partial charge in [0.05, 0.1) is 18.5 Å². The molecule has 1 rings (SSSR count). The van der Waals surface area contributed by atoms with Gasteiger partial charge in [-0.05, 0) is 15.9 Å². The van der Waals surface area contributed by atoms with E-state index in [9.17, 15) is 4.79 Å². The van der Waals surface area contributed by atoms with Gasteiger partial charge in [0.15, 0.2) is 0 Å². The van der Waals surface area contributed by atoms with Crippen LogP contribution in [0.3, 0.4) is 0 Å². The Morgan fingerprint density at radius 2 is 2.47 bits per heavy atom. The minimum Gasteiger partial charge on any atom is -0.395 e. The predicted molar refractivity (Wildman–Crippen MR) is 60.6 cm³/mol. The number of anilines is 1. The molecule has 0 spiro atoms. The van der Waals surface area contributed by atoms with Gasteiger partial charge in [-0.15, -0.1) is 6.42 Å². The van der Waals surface area contributed by atoms with Gasteiger partial charge in [-0.3, -0.25) is 4.79 Å². The molecule has 6 heteroatoms. The fourth-order valence-corrected chi connectivity index (χ4v) is 1.43. The van der Waals surface area contributed by atoms with Crippen LogP contribution in [-0.2, 0) is 6.54 Å². The SMILES string of the molecule is C#CCn1ncc(NCCO)c(Br)c1=O. The zero-order valence-electron chi connectivity index (χ0n) is 7.90. The maximum atomic E-state index is 11.6. The van der Waals surface area contributed by atoms with Crippen LogP contribution in [0, 0.1) is 12.3 Å². The van der Waals surface area contributed by atoms with E-state index in [2.05, 4.69) is 32.3 Å². The molecule has 1 heterocycles. The molecule has 5 nitrogen and oxygen atoms in total. The predicted octanol–water partition coefficient (Wildman–Crippen LogP) is 0.0432. The van der Waals surface area contributed by atoms with Crippen LogP contribution in [-0.4, -0.2) is 28.0 Å². The summed E-state index contributed by atoms with van der Waals surface area (Å²) < 4.78 is 1.54. The highest BCUT2D eigenvalue weighted by Gasteiger charge is 2.06. The molecule has 0 radical (unpaired) electrons. The van der Waals surface area contributed by atoms with Crippen LogP contribution in [0.5, 0.6) is 0 Å². The van der Waals surface area contributed by atoms with Crippen molar-refractivity contribution in [2.24, 2.45) is 0 Å². The summed E-state index contributed by atoms with van der Waals surface area (Å²) in [6.45, 7) is 0.483. The van der Waals surface area contributed by atoms with Crippen LogP contribution in [0.15, 0.2) is 15.5 Å². The first-order valence-electron chi connectivity index (χ1n) is 4.24. The summed E-state index contributed by atoms with van der Waals surface area (Å²) in [6, 6.07) is 0. The number of nitrogens with one attached hydrogen (secondary N) is 1. The monoisotopic (exact) mass is 271 g/mol. The van der Waals surface area contributed by atoms with Gasteiger partial charge in [-0.2, -0.15) is 5.10 Å². The summed E-state index contributed by atoms with van der Waals surface area (Å²) in [5.41, 5.74) is 0.248. The molecular formula is C9H10BrN3O2. The lowest BCUT2D eigenvalue weighted by molar-refractivity contribution is 0.311. The number of hydrogen-bond donors (Lipinski definition) is 2. The quantitative estimate of drug-likeness (QED) is 0.760. The molecule has 1 aromatic rings. The van der Waals surface area contributed by atoms with Gasteiger partial charge in [0.1, 0.15) is 11.0 Å². The van der Waals surface area contributed by atoms with Crippen molar-refractivity contribution in [2.75, 3.05) is 18.5 Å². The first-order valence-corrected chi connectivity index (χ1v) is 5.03. The topological polar surface area (TPSA) is 67.2 Å². The van der Waals surface area contributed by atoms with Crippen molar-refractivity contribution in [1.29, 1.82) is 0 Å². The number of aliphatic hydroxyl groups excluding tert-OH is 1. The van der Waals surface area contributed by atoms with E-state index in [1.807, 2.05) is 0 Å². The standard InChI is InChI=1S/C9H10BrN3O2/c1-2-4-13-9(15)8(10)7(6-12-13)11-3-5-14/h1,6,11,14H,3-5H2. The summed E-state index contributed by atoms with van der Waals surface area (Å²) in [6.07, 6.45) is 6.57. The van der Waals surface area contributed by atoms with Crippen LogP contribution in [0.1, 0.15) is 0 Å². The van der Waals surface area contributed by atoms with Crippen molar-refractivity contribution in [3.63, 3.8) is 0 Å². The molecule has 1 aromatic heterocycles. The van der Waals surface area contributed by atoms with E-state index in [0.29, 0.717) is 16.7 Å². The molecule has 0 unspecified atom stereocenters. The lowest BCUT2D eigenvalue weighted by Gasteiger charge is -2.07. The van der Waals surface area contributed by atoms with E-state index < -0.39 is 0 Å². The summed E-state index contributed by atoms with van der Waals surface area (Å²) in [4.78, 5) is 11.6. The first-order chi connectivity index (χ1) is 7.20. The fraction of sp³-hybridized carbons (Fsp3) is 0.333. The van der Waals surface area contributed by atoms with Crippen LogP contribution in [0.25, 0.3) is 0 Å². The van der Waals surface area contributed by atoms with Crippen LogP contribution in [0.4, 0.5) is 5.69 Å². The molecule has 80 valence electrons. The molecule has 0 saturated carbocycles. The number of nitrogens with zero attached hydrogens (tertiary/aromatic N) is 2. The maximum Gasteiger partial charge on any atom is 0.284 e. The Morgan fingerprint density at radius 3 is 3.07 bits per heavy atom. The molecule has 0 aliphatic rings. The number of aromatic nitrogens is 2. The maximum absolute atomic E-state index is 11.6. The normalized spacial score (nSPS) is 9.67. The Bertz CT molecular complexity index is 436. The van der Waals surface area contributed by atoms with Gasteiger partial charge in [0.2, 0.25) is 0 Å². The largest absolute Gasteiger partial charge is 0.395 e. The Labute approximate surface area is 95.2 Å². The smallest absolute Gasteiger partial charge is 0.284 e. The molecule has 15 heavy (non-hydrogen) atoms. The van der Waals surface area contributed by atoms with Gasteiger partial charge in [-0.25, -0.2) is 4.68 Å². The number of rotatable bonds is 4. The average Bonchev–Trinajstić information content (AvgIpc) is 2.24. The zero-order valence-corrected chi connectivity index (χ0v) is 9.49. The van der Waals surface area contributed by atoms with Gasteiger partial charge in [0.25, 0.3) is 5.56 Å². The highest BCUT2D eigenvalue weighted by atomic mass is 79.9. The van der Waals surface area contributed by atoms with E-state index in [-0.39, 0.29) is 18.7 Å². The van der Waals surface area contributed by atoms with Crippen molar-refractivity contribution in [1.82, 2.24) is 9.78 Å². The Morgan fingerprint density at radius 1 is 1.73 bits per heavy atom. The summed E-state index contributed by atoms with van der Waals surface area (Å²) in [5.74, 6) is 2.33. The van der Waals surface area contributed by atoms with Crippen molar-refractivity contribution in [2.45, 2.75) is 6.54 Å². The summed E-state index contributed by atoms with van der Waals surface area (Å²) >= 11 is 3.15. The second kappa shape index (κ2) is 5.53. The molecule has 0 aliphatic heterocycles. The van der Waals surface area contributed by atoms with E-state index >= 15 is 0 Å². The molecular weight excluding hydrogens is 262 g/mol. The molecule has 0 amide bonds. The molecule has 0 aromatic carbocycles. The second-order valence-electron chi connectivity index (χ2n) is 2.69. The zero-order chi connectivity index (χ0) is 11.3. The van der Waals surface area contributed by atoms with Gasteiger partial charge >= 0.3 is 0 Å². The summed E-state index contributed by atoms with van der Waals surface area (Å²) in [5, 5.41) is 15.3. The number of terminal acetylenes is 1. The minimum absolute atomic E-state index is 0.0140. The number of hydrogen-bond acceptors (Lipinski definition) is 4. The number of aliphatic hydroxyl groups is 1. The van der Waals surface area contributed by atoms with E-state index in [1.165, 1.54) is 10.9 Å². The fourth-order valence-electron chi connectivity index (χ4n) is 0.978. The van der Waals surface area contributed by atoms with Crippen molar-refractivity contribution >= 4 is 21.6 Å². The van der Waals surface area contributed by atoms with Crippen molar-refractivity contribution in [3.8, 4) is 12.3 Å². The number of halogens is 1. The molecule has 2 N–H and O–H groups in total. The lowest BCUT2D eigenvalue weighted by atomic mass is 10.4. The summed E-state index contributed by atoms with van der Waals surface area (Å²) in [7, 11) is 0. The van der Waals surface area contributed by atoms with Gasteiger partial charge < -0.3 is 10.4 Å². The van der Waals surface area contributed by atoms with E-state index in [4.69, 9.17) is 11.5 Å². The van der Waals surface area contributed by atoms with Gasteiger partial charge in [0, 0.05) is 6.54 Å². The lowest BCUT2D eigenvalue weighted by Crippen LogP contribution is -2.24. The van der Waals surface area contributed by atoms with E-state index in [0.717, 1.165) is 0 Å². The van der Waals surface area contributed by atoms with Gasteiger partial charge in [-0.1, -0.05) is 5.92 Å². The van der Waals surface area contributed by atoms with Crippen molar-refractivity contribution < 1.29 is 5.11 Å². The molecule has 0 bridgehead atoms. The molecule has 0 saturated heterocycles. The van der Waals surface area contributed by atoms with E-state index in [1.54, 1.807) is 0 Å². The third-order valence-electron chi connectivity index (χ3n) is 1.65.